The van der Waals surface area contributed by atoms with Crippen LogP contribution in [-0.4, -0.2) is 5.91 Å². The Kier molecular flexibility index (Phi) is 4.64. The van der Waals surface area contributed by atoms with Crippen LogP contribution in [0.1, 0.15) is 16.1 Å². The van der Waals surface area contributed by atoms with Crippen LogP contribution in [0.2, 0.25) is 5.02 Å². The van der Waals surface area contributed by atoms with E-state index in [-0.39, 0.29) is 11.7 Å². The molecule has 3 rings (SSSR count). The molecular weight excluding hydrogens is 314 g/mol. The van der Waals surface area contributed by atoms with Crippen molar-refractivity contribution in [3.05, 3.63) is 83.3 Å². The van der Waals surface area contributed by atoms with Crippen molar-refractivity contribution in [2.45, 2.75) is 6.61 Å². The molecule has 0 aliphatic heterocycles. The fraction of sp³-hybridized carbons (Fsp3) is 0.0556. The van der Waals surface area contributed by atoms with Crippen LogP contribution in [0.15, 0.2) is 71.3 Å². The highest BCUT2D eigenvalue weighted by Crippen LogP contribution is 2.18. The summed E-state index contributed by atoms with van der Waals surface area (Å²) in [5, 5.41) is 3.45. The summed E-state index contributed by atoms with van der Waals surface area (Å²) in [7, 11) is 0. The van der Waals surface area contributed by atoms with Gasteiger partial charge in [-0.3, -0.25) is 4.79 Å². The van der Waals surface area contributed by atoms with Crippen molar-refractivity contribution in [1.29, 1.82) is 0 Å². The summed E-state index contributed by atoms with van der Waals surface area (Å²) in [6.45, 7) is 0.454. The highest BCUT2D eigenvalue weighted by molar-refractivity contribution is 6.30. The molecule has 1 amide bonds. The number of hydrogen-bond donors (Lipinski definition) is 1. The minimum absolute atomic E-state index is 0.271. The molecule has 1 heterocycles. The summed E-state index contributed by atoms with van der Waals surface area (Å²) >= 11 is 5.84. The van der Waals surface area contributed by atoms with Crippen LogP contribution in [0.4, 0.5) is 5.69 Å². The van der Waals surface area contributed by atoms with Gasteiger partial charge in [-0.05, 0) is 54.1 Å². The topological polar surface area (TPSA) is 51.5 Å². The average Bonchev–Trinajstić information content (AvgIpc) is 3.10. The van der Waals surface area contributed by atoms with Crippen molar-refractivity contribution >= 4 is 23.2 Å². The molecular formula is C18H14ClNO3. The van der Waals surface area contributed by atoms with Crippen molar-refractivity contribution in [3.63, 3.8) is 0 Å². The normalized spacial score (nSPS) is 10.3. The van der Waals surface area contributed by atoms with E-state index in [2.05, 4.69) is 5.32 Å². The molecule has 116 valence electrons. The summed E-state index contributed by atoms with van der Waals surface area (Å²) in [6, 6.07) is 17.9. The van der Waals surface area contributed by atoms with Crippen LogP contribution in [0.25, 0.3) is 0 Å². The van der Waals surface area contributed by atoms with Crippen molar-refractivity contribution in [1.82, 2.24) is 0 Å². The number of rotatable bonds is 5. The number of hydrogen-bond acceptors (Lipinski definition) is 3. The molecule has 2 aromatic carbocycles. The molecule has 4 nitrogen and oxygen atoms in total. The molecule has 0 saturated heterocycles. The second-order valence-corrected chi connectivity index (χ2v) is 5.31. The zero-order valence-corrected chi connectivity index (χ0v) is 12.9. The largest absolute Gasteiger partial charge is 0.489 e. The van der Waals surface area contributed by atoms with Crippen LogP contribution in [0.5, 0.6) is 5.75 Å². The Morgan fingerprint density at radius 2 is 1.78 bits per heavy atom. The summed E-state index contributed by atoms with van der Waals surface area (Å²) < 4.78 is 10.7. The van der Waals surface area contributed by atoms with Gasteiger partial charge >= 0.3 is 0 Å². The first-order chi connectivity index (χ1) is 11.2. The van der Waals surface area contributed by atoms with E-state index >= 15 is 0 Å². The van der Waals surface area contributed by atoms with Crippen LogP contribution < -0.4 is 10.1 Å². The molecule has 3 aromatic rings. The standard InChI is InChI=1S/C18H14ClNO3/c19-14-5-3-13(4-6-14)12-23-16-9-7-15(8-10-16)20-18(21)17-2-1-11-22-17/h1-11H,12H2,(H,20,21). The first kappa shape index (κ1) is 15.2. The SMILES string of the molecule is O=C(Nc1ccc(OCc2ccc(Cl)cc2)cc1)c1ccco1. The number of nitrogens with one attached hydrogen (secondary N) is 1. The Hall–Kier alpha value is -2.72. The summed E-state index contributed by atoms with van der Waals surface area (Å²) in [5.41, 5.74) is 1.70. The maximum Gasteiger partial charge on any atom is 0.291 e. The molecule has 0 aliphatic carbocycles. The Labute approximate surface area is 138 Å². The smallest absolute Gasteiger partial charge is 0.291 e. The van der Waals surface area contributed by atoms with E-state index in [0.29, 0.717) is 17.3 Å². The molecule has 0 fully saturated rings. The van der Waals surface area contributed by atoms with E-state index in [1.54, 1.807) is 36.4 Å². The number of ether oxygens (including phenoxy) is 1. The molecule has 1 aromatic heterocycles. The zero-order chi connectivity index (χ0) is 16.1. The maximum atomic E-state index is 11.9. The van der Waals surface area contributed by atoms with Gasteiger partial charge in [0.15, 0.2) is 5.76 Å². The minimum Gasteiger partial charge on any atom is -0.489 e. The summed E-state index contributed by atoms with van der Waals surface area (Å²) in [4.78, 5) is 11.9. The van der Waals surface area contributed by atoms with Gasteiger partial charge in [0.25, 0.3) is 5.91 Å². The van der Waals surface area contributed by atoms with Crippen molar-refractivity contribution in [2.75, 3.05) is 5.32 Å². The maximum absolute atomic E-state index is 11.9. The quantitative estimate of drug-likeness (QED) is 0.734. The summed E-state index contributed by atoms with van der Waals surface area (Å²) in [6.07, 6.45) is 1.46. The highest BCUT2D eigenvalue weighted by Gasteiger charge is 2.08. The number of benzene rings is 2. The first-order valence-corrected chi connectivity index (χ1v) is 7.41. The second-order valence-electron chi connectivity index (χ2n) is 4.87. The lowest BCUT2D eigenvalue weighted by molar-refractivity contribution is 0.0996. The van der Waals surface area contributed by atoms with Crippen LogP contribution >= 0.6 is 11.6 Å². The lowest BCUT2D eigenvalue weighted by Crippen LogP contribution is -2.10. The van der Waals surface area contributed by atoms with Gasteiger partial charge in [-0.15, -0.1) is 0 Å². The molecule has 0 atom stereocenters. The number of halogens is 1. The molecule has 0 spiro atoms. The van der Waals surface area contributed by atoms with Gasteiger partial charge in [-0.25, -0.2) is 0 Å². The monoisotopic (exact) mass is 327 g/mol. The van der Waals surface area contributed by atoms with E-state index in [1.165, 1.54) is 6.26 Å². The third-order valence-electron chi connectivity index (χ3n) is 3.18. The lowest BCUT2D eigenvalue weighted by atomic mass is 10.2. The fourth-order valence-corrected chi connectivity index (χ4v) is 2.11. The van der Waals surface area contributed by atoms with E-state index < -0.39 is 0 Å². The molecule has 0 unspecified atom stereocenters. The molecule has 5 heteroatoms. The number of carbonyl (C=O) groups is 1. The van der Waals surface area contributed by atoms with Crippen LogP contribution in [-0.2, 0) is 6.61 Å². The Morgan fingerprint density at radius 3 is 2.43 bits per heavy atom. The molecule has 0 saturated carbocycles. The van der Waals surface area contributed by atoms with E-state index in [0.717, 1.165) is 11.3 Å². The molecule has 0 radical (unpaired) electrons. The van der Waals surface area contributed by atoms with Crippen molar-refractivity contribution < 1.29 is 13.9 Å². The molecule has 0 aliphatic rings. The van der Waals surface area contributed by atoms with Gasteiger partial charge in [0.2, 0.25) is 0 Å². The Balaban J connectivity index is 1.56. The third kappa shape index (κ3) is 4.14. The Morgan fingerprint density at radius 1 is 1.04 bits per heavy atom. The average molecular weight is 328 g/mol. The van der Waals surface area contributed by atoms with Crippen LogP contribution in [0, 0.1) is 0 Å². The van der Waals surface area contributed by atoms with Gasteiger partial charge < -0.3 is 14.5 Å². The fourth-order valence-electron chi connectivity index (χ4n) is 1.98. The lowest BCUT2D eigenvalue weighted by Gasteiger charge is -2.08. The van der Waals surface area contributed by atoms with Crippen molar-refractivity contribution in [3.8, 4) is 5.75 Å². The van der Waals surface area contributed by atoms with E-state index in [4.69, 9.17) is 20.8 Å². The summed E-state index contributed by atoms with van der Waals surface area (Å²) in [5.74, 6) is 0.703. The number of furan rings is 1. The second kappa shape index (κ2) is 7.03. The zero-order valence-electron chi connectivity index (χ0n) is 12.2. The number of amides is 1. The van der Waals surface area contributed by atoms with E-state index in [9.17, 15) is 4.79 Å². The van der Waals surface area contributed by atoms with Gasteiger partial charge in [0.05, 0.1) is 6.26 Å². The van der Waals surface area contributed by atoms with Gasteiger partial charge in [0, 0.05) is 10.7 Å². The van der Waals surface area contributed by atoms with Crippen LogP contribution in [0.3, 0.4) is 0 Å². The number of carbonyl (C=O) groups excluding carboxylic acids is 1. The molecule has 1 N–H and O–H groups in total. The predicted octanol–water partition coefficient (Wildman–Crippen LogP) is 4.76. The highest BCUT2D eigenvalue weighted by atomic mass is 35.5. The number of anilines is 1. The van der Waals surface area contributed by atoms with Gasteiger partial charge in [-0.1, -0.05) is 23.7 Å². The van der Waals surface area contributed by atoms with E-state index in [1.807, 2.05) is 24.3 Å². The Bertz CT molecular complexity index is 765. The van der Waals surface area contributed by atoms with Gasteiger partial charge in [-0.2, -0.15) is 0 Å². The third-order valence-corrected chi connectivity index (χ3v) is 3.43. The minimum atomic E-state index is -0.287. The first-order valence-electron chi connectivity index (χ1n) is 7.03. The van der Waals surface area contributed by atoms with Gasteiger partial charge in [0.1, 0.15) is 12.4 Å². The van der Waals surface area contributed by atoms with Crippen molar-refractivity contribution in [2.24, 2.45) is 0 Å². The molecule has 0 bridgehead atoms. The molecule has 23 heavy (non-hydrogen) atoms. The predicted molar refractivity (Wildman–Crippen MR) is 88.9 cm³/mol.